The van der Waals surface area contributed by atoms with E-state index in [4.69, 9.17) is 9.07 Å². The van der Waals surface area contributed by atoms with Crippen molar-refractivity contribution < 1.29 is 14.2 Å². The van der Waals surface area contributed by atoms with E-state index in [9.17, 15) is 5.11 Å². The van der Waals surface area contributed by atoms with E-state index in [-0.39, 0.29) is 0 Å². The lowest BCUT2D eigenvalue weighted by atomic mass is 9.82. The SMILES string of the molecule is CC(C)(O)C(C)(C)OBc1ccc2c(c1)ncc1oc3ccccc3c12. The summed E-state index contributed by atoms with van der Waals surface area (Å²) in [5, 5.41) is 13.5. The molecule has 0 atom stereocenters. The Hall–Kier alpha value is -2.37. The van der Waals surface area contributed by atoms with Gasteiger partial charge in [0, 0.05) is 16.2 Å². The highest BCUT2D eigenvalue weighted by Gasteiger charge is 2.35. The number of benzene rings is 2. The van der Waals surface area contributed by atoms with Gasteiger partial charge >= 0.3 is 7.48 Å². The van der Waals surface area contributed by atoms with Crippen molar-refractivity contribution in [3.8, 4) is 0 Å². The van der Waals surface area contributed by atoms with E-state index in [1.165, 1.54) is 0 Å². The molecule has 2 heterocycles. The van der Waals surface area contributed by atoms with Gasteiger partial charge in [0.25, 0.3) is 0 Å². The minimum absolute atomic E-state index is 0.415. The van der Waals surface area contributed by atoms with Gasteiger partial charge in [0.05, 0.1) is 22.9 Å². The summed E-state index contributed by atoms with van der Waals surface area (Å²) in [5.41, 5.74) is 2.02. The fourth-order valence-electron chi connectivity index (χ4n) is 2.99. The minimum Gasteiger partial charge on any atom is -0.454 e. The largest absolute Gasteiger partial charge is 0.454 e. The fraction of sp³-hybridized carbons (Fsp3) is 0.286. The number of furan rings is 1. The van der Waals surface area contributed by atoms with Crippen LogP contribution in [0, 0.1) is 0 Å². The van der Waals surface area contributed by atoms with E-state index < -0.39 is 11.2 Å². The molecule has 0 aliphatic heterocycles. The lowest BCUT2D eigenvalue weighted by Crippen LogP contribution is -2.49. The van der Waals surface area contributed by atoms with Gasteiger partial charge < -0.3 is 14.2 Å². The molecule has 132 valence electrons. The van der Waals surface area contributed by atoms with Gasteiger partial charge in [-0.05, 0) is 39.8 Å². The lowest BCUT2D eigenvalue weighted by molar-refractivity contribution is -0.0893. The molecule has 1 N–H and O–H groups in total. The molecule has 0 saturated carbocycles. The molecule has 0 aliphatic rings. The molecule has 0 amide bonds. The summed E-state index contributed by atoms with van der Waals surface area (Å²) >= 11 is 0. The highest BCUT2D eigenvalue weighted by molar-refractivity contribution is 6.47. The summed E-state index contributed by atoms with van der Waals surface area (Å²) in [7, 11) is 0.415. The van der Waals surface area contributed by atoms with Crippen molar-refractivity contribution in [3.63, 3.8) is 0 Å². The molecule has 2 aromatic carbocycles. The zero-order chi connectivity index (χ0) is 18.5. The Labute approximate surface area is 153 Å². The van der Waals surface area contributed by atoms with Crippen LogP contribution in [0.5, 0.6) is 0 Å². The Morgan fingerprint density at radius 3 is 2.54 bits per heavy atom. The molecule has 26 heavy (non-hydrogen) atoms. The van der Waals surface area contributed by atoms with Gasteiger partial charge in [-0.3, -0.25) is 4.98 Å². The van der Waals surface area contributed by atoms with Crippen LogP contribution in [0.25, 0.3) is 32.8 Å². The van der Waals surface area contributed by atoms with Crippen LogP contribution in [0.3, 0.4) is 0 Å². The Morgan fingerprint density at radius 1 is 1.00 bits per heavy atom. The summed E-state index contributed by atoms with van der Waals surface area (Å²) in [4.78, 5) is 4.56. The number of hydrogen-bond donors (Lipinski definition) is 1. The molecule has 4 rings (SSSR count). The second-order valence-corrected chi connectivity index (χ2v) is 7.81. The number of para-hydroxylation sites is 1. The number of aliphatic hydroxyl groups is 1. The highest BCUT2D eigenvalue weighted by Crippen LogP contribution is 2.33. The predicted octanol–water partition coefficient (Wildman–Crippen LogP) is 3.68. The monoisotopic (exact) mass is 347 g/mol. The smallest absolute Gasteiger partial charge is 0.309 e. The van der Waals surface area contributed by atoms with Crippen LogP contribution in [0.4, 0.5) is 0 Å². The zero-order valence-electron chi connectivity index (χ0n) is 15.5. The lowest BCUT2D eigenvalue weighted by Gasteiger charge is -2.37. The molecule has 5 heteroatoms. The molecule has 0 radical (unpaired) electrons. The van der Waals surface area contributed by atoms with Gasteiger partial charge in [-0.1, -0.05) is 35.8 Å². The summed E-state index contributed by atoms with van der Waals surface area (Å²) in [6.45, 7) is 7.31. The Morgan fingerprint density at radius 2 is 1.77 bits per heavy atom. The first-order valence-electron chi connectivity index (χ1n) is 8.81. The van der Waals surface area contributed by atoms with Crippen LogP contribution >= 0.6 is 0 Å². The molecule has 2 aromatic heterocycles. The third-order valence-corrected chi connectivity index (χ3v) is 5.35. The van der Waals surface area contributed by atoms with Crippen molar-refractivity contribution in [2.45, 2.75) is 38.9 Å². The average molecular weight is 347 g/mol. The van der Waals surface area contributed by atoms with Gasteiger partial charge in [0.15, 0.2) is 5.58 Å². The van der Waals surface area contributed by atoms with E-state index in [2.05, 4.69) is 17.1 Å². The molecular weight excluding hydrogens is 325 g/mol. The summed E-state index contributed by atoms with van der Waals surface area (Å²) in [5.74, 6) is 0. The molecule has 0 spiro atoms. The van der Waals surface area contributed by atoms with Crippen molar-refractivity contribution in [1.29, 1.82) is 0 Å². The van der Waals surface area contributed by atoms with E-state index in [0.717, 1.165) is 38.3 Å². The summed E-state index contributed by atoms with van der Waals surface area (Å²) in [6.07, 6.45) is 1.78. The first-order chi connectivity index (χ1) is 12.3. The van der Waals surface area contributed by atoms with Crippen molar-refractivity contribution >= 4 is 45.8 Å². The maximum Gasteiger partial charge on any atom is 0.309 e. The number of fused-ring (bicyclic) bond motifs is 5. The average Bonchev–Trinajstić information content (AvgIpc) is 2.97. The van der Waals surface area contributed by atoms with E-state index in [1.807, 2.05) is 44.2 Å². The van der Waals surface area contributed by atoms with E-state index >= 15 is 0 Å². The zero-order valence-corrected chi connectivity index (χ0v) is 15.5. The van der Waals surface area contributed by atoms with Gasteiger partial charge in [0.2, 0.25) is 0 Å². The maximum atomic E-state index is 10.2. The first kappa shape index (κ1) is 17.1. The molecule has 0 bridgehead atoms. The highest BCUT2D eigenvalue weighted by atomic mass is 16.5. The third-order valence-electron chi connectivity index (χ3n) is 5.35. The number of rotatable bonds is 4. The number of pyridine rings is 1. The quantitative estimate of drug-likeness (QED) is 0.572. The van der Waals surface area contributed by atoms with Gasteiger partial charge in [-0.15, -0.1) is 0 Å². The Bertz CT molecular complexity index is 1110. The second kappa shape index (κ2) is 5.83. The molecular formula is C21H22BNO3. The Kier molecular flexibility index (Phi) is 3.83. The van der Waals surface area contributed by atoms with Gasteiger partial charge in [-0.2, -0.15) is 0 Å². The van der Waals surface area contributed by atoms with Crippen LogP contribution in [0.2, 0.25) is 0 Å². The second-order valence-electron chi connectivity index (χ2n) is 7.81. The predicted molar refractivity (Wildman–Crippen MR) is 107 cm³/mol. The molecule has 0 aliphatic carbocycles. The minimum atomic E-state index is -0.927. The molecule has 4 aromatic rings. The topological polar surface area (TPSA) is 55.5 Å². The van der Waals surface area contributed by atoms with E-state index in [0.29, 0.717) is 7.48 Å². The first-order valence-corrected chi connectivity index (χ1v) is 8.81. The maximum absolute atomic E-state index is 10.2. The summed E-state index contributed by atoms with van der Waals surface area (Å²) < 4.78 is 11.9. The number of nitrogens with zero attached hydrogens (tertiary/aromatic N) is 1. The fourth-order valence-corrected chi connectivity index (χ4v) is 2.99. The van der Waals surface area contributed by atoms with E-state index in [1.54, 1.807) is 20.0 Å². The Balaban J connectivity index is 1.74. The molecule has 0 saturated heterocycles. The normalized spacial score (nSPS) is 13.0. The van der Waals surface area contributed by atoms with Crippen molar-refractivity contribution in [2.75, 3.05) is 0 Å². The van der Waals surface area contributed by atoms with Crippen molar-refractivity contribution in [3.05, 3.63) is 48.7 Å². The van der Waals surface area contributed by atoms with Crippen molar-refractivity contribution in [1.82, 2.24) is 4.98 Å². The van der Waals surface area contributed by atoms with Gasteiger partial charge in [-0.25, -0.2) is 0 Å². The van der Waals surface area contributed by atoms with Crippen LogP contribution in [0.1, 0.15) is 27.7 Å². The number of hydrogen-bond acceptors (Lipinski definition) is 4. The van der Waals surface area contributed by atoms with Crippen LogP contribution in [-0.2, 0) is 4.65 Å². The number of aromatic nitrogens is 1. The van der Waals surface area contributed by atoms with Crippen LogP contribution in [-0.4, -0.2) is 28.8 Å². The third kappa shape index (κ3) is 2.77. The van der Waals surface area contributed by atoms with Crippen LogP contribution < -0.4 is 5.46 Å². The molecule has 4 nitrogen and oxygen atoms in total. The van der Waals surface area contributed by atoms with Crippen LogP contribution in [0.15, 0.2) is 53.1 Å². The standard InChI is InChI=1S/C21H22BNO3/c1-20(2,24)21(3,4)26-22-13-9-10-14-16(11-13)23-12-18-19(14)15-7-5-6-8-17(15)25-18/h5-12,22,24H,1-4H3. The summed E-state index contributed by atoms with van der Waals surface area (Å²) in [6, 6.07) is 14.2. The molecule has 0 unspecified atom stereocenters. The van der Waals surface area contributed by atoms with Crippen molar-refractivity contribution in [2.24, 2.45) is 0 Å². The molecule has 0 fully saturated rings. The van der Waals surface area contributed by atoms with Gasteiger partial charge in [0.1, 0.15) is 5.58 Å².